The Morgan fingerprint density at radius 2 is 1.86 bits per heavy atom. The van der Waals surface area contributed by atoms with Crippen molar-refractivity contribution in [2.45, 2.75) is 31.3 Å². The first-order valence-corrected chi connectivity index (χ1v) is 4.90. The molecule has 2 N–H and O–H groups in total. The van der Waals surface area contributed by atoms with Gasteiger partial charge in [-0.25, -0.2) is 9.97 Å². The Morgan fingerprint density at radius 3 is 2.36 bits per heavy atom. The number of hydrogen-bond donors (Lipinski definition) is 1. The predicted octanol–water partition coefficient (Wildman–Crippen LogP) is 1.47. The quantitative estimate of drug-likeness (QED) is 0.772. The lowest BCUT2D eigenvalue weighted by molar-refractivity contribution is -0.0162. The molecule has 1 aromatic rings. The van der Waals surface area contributed by atoms with Crippen LogP contribution in [-0.4, -0.2) is 17.1 Å². The number of nitrogens with zero attached hydrogens (tertiary/aromatic N) is 2. The van der Waals surface area contributed by atoms with Crippen LogP contribution in [0.2, 0.25) is 0 Å². The second kappa shape index (κ2) is 3.53. The average molecular weight is 193 g/mol. The molecule has 1 heterocycles. The highest BCUT2D eigenvalue weighted by molar-refractivity contribution is 5.30. The number of hydrogen-bond acceptors (Lipinski definition) is 4. The van der Waals surface area contributed by atoms with E-state index in [1.54, 1.807) is 19.5 Å². The molecule has 0 aromatic carbocycles. The number of nitrogen functional groups attached to an aromatic ring is 1. The van der Waals surface area contributed by atoms with E-state index in [9.17, 15) is 0 Å². The highest BCUT2D eigenvalue weighted by atomic mass is 16.5. The van der Waals surface area contributed by atoms with Crippen molar-refractivity contribution in [3.63, 3.8) is 0 Å². The number of aromatic nitrogens is 2. The standard InChI is InChI=1S/C10H15N3O/c1-14-10(4-2-3-5-10)9-12-6-8(11)7-13-9/h6-7H,2-5,11H2,1H3. The van der Waals surface area contributed by atoms with Crippen LogP contribution in [0.3, 0.4) is 0 Å². The molecule has 2 rings (SSSR count). The van der Waals surface area contributed by atoms with Gasteiger partial charge in [-0.1, -0.05) is 0 Å². The normalized spacial score (nSPS) is 19.8. The molecule has 4 heteroatoms. The summed E-state index contributed by atoms with van der Waals surface area (Å²) in [5.41, 5.74) is 5.88. The summed E-state index contributed by atoms with van der Waals surface area (Å²) in [5.74, 6) is 0.770. The maximum Gasteiger partial charge on any atom is 0.160 e. The van der Waals surface area contributed by atoms with Crippen LogP contribution in [0, 0.1) is 0 Å². The average Bonchev–Trinajstić information content (AvgIpc) is 2.68. The van der Waals surface area contributed by atoms with E-state index in [-0.39, 0.29) is 5.60 Å². The third-order valence-electron chi connectivity index (χ3n) is 2.88. The minimum atomic E-state index is -0.256. The van der Waals surface area contributed by atoms with Crippen molar-refractivity contribution in [1.82, 2.24) is 9.97 Å². The third kappa shape index (κ3) is 1.46. The Bertz CT molecular complexity index is 304. The predicted molar refractivity (Wildman–Crippen MR) is 53.6 cm³/mol. The molecular formula is C10H15N3O. The second-order valence-corrected chi connectivity index (χ2v) is 3.75. The molecule has 0 unspecified atom stereocenters. The van der Waals surface area contributed by atoms with E-state index in [1.165, 1.54) is 12.8 Å². The minimum absolute atomic E-state index is 0.256. The van der Waals surface area contributed by atoms with Crippen LogP contribution in [0.5, 0.6) is 0 Å². The van der Waals surface area contributed by atoms with E-state index in [1.807, 2.05) is 0 Å². The molecule has 0 bridgehead atoms. The van der Waals surface area contributed by atoms with Gasteiger partial charge in [0.05, 0.1) is 18.1 Å². The highest BCUT2D eigenvalue weighted by Gasteiger charge is 2.38. The Kier molecular flexibility index (Phi) is 2.37. The number of nitrogens with two attached hydrogens (primary N) is 1. The van der Waals surface area contributed by atoms with Gasteiger partial charge < -0.3 is 10.5 Å². The molecule has 0 radical (unpaired) electrons. The van der Waals surface area contributed by atoms with E-state index >= 15 is 0 Å². The summed E-state index contributed by atoms with van der Waals surface area (Å²) in [6.45, 7) is 0. The SMILES string of the molecule is COC1(c2ncc(N)cn2)CCCC1. The monoisotopic (exact) mass is 193 g/mol. The molecule has 1 aromatic heterocycles. The van der Waals surface area contributed by atoms with Gasteiger partial charge in [-0.2, -0.15) is 0 Å². The molecule has 0 saturated heterocycles. The van der Waals surface area contributed by atoms with Gasteiger partial charge in [-0.05, 0) is 25.7 Å². The zero-order valence-electron chi connectivity index (χ0n) is 8.36. The molecule has 0 aliphatic heterocycles. The lowest BCUT2D eigenvalue weighted by atomic mass is 10.0. The van der Waals surface area contributed by atoms with Crippen LogP contribution in [0.4, 0.5) is 5.69 Å². The van der Waals surface area contributed by atoms with Crippen molar-refractivity contribution in [2.24, 2.45) is 0 Å². The fourth-order valence-electron chi connectivity index (χ4n) is 2.04. The van der Waals surface area contributed by atoms with E-state index in [4.69, 9.17) is 10.5 Å². The first-order valence-electron chi connectivity index (χ1n) is 4.90. The Balaban J connectivity index is 2.31. The maximum atomic E-state index is 5.56. The summed E-state index contributed by atoms with van der Waals surface area (Å²) in [6, 6.07) is 0. The summed E-state index contributed by atoms with van der Waals surface area (Å²) >= 11 is 0. The fourth-order valence-corrected chi connectivity index (χ4v) is 2.04. The Hall–Kier alpha value is -1.16. The maximum absolute atomic E-state index is 5.56. The number of anilines is 1. The summed E-state index contributed by atoms with van der Waals surface area (Å²) in [6.07, 6.45) is 7.66. The molecule has 1 aliphatic rings. The van der Waals surface area contributed by atoms with Crippen molar-refractivity contribution < 1.29 is 4.74 Å². The van der Waals surface area contributed by atoms with E-state index < -0.39 is 0 Å². The first-order chi connectivity index (χ1) is 6.77. The van der Waals surface area contributed by atoms with Crippen LogP contribution >= 0.6 is 0 Å². The van der Waals surface area contributed by atoms with Crippen molar-refractivity contribution in [3.8, 4) is 0 Å². The van der Waals surface area contributed by atoms with Gasteiger partial charge in [0.15, 0.2) is 5.82 Å². The molecule has 14 heavy (non-hydrogen) atoms. The van der Waals surface area contributed by atoms with Crippen LogP contribution < -0.4 is 5.73 Å². The molecule has 1 aliphatic carbocycles. The largest absolute Gasteiger partial charge is 0.396 e. The number of ether oxygens (including phenoxy) is 1. The molecule has 1 saturated carbocycles. The second-order valence-electron chi connectivity index (χ2n) is 3.75. The number of methoxy groups -OCH3 is 1. The van der Waals surface area contributed by atoms with Crippen molar-refractivity contribution in [1.29, 1.82) is 0 Å². The summed E-state index contributed by atoms with van der Waals surface area (Å²) in [7, 11) is 1.73. The first kappa shape index (κ1) is 9.40. The van der Waals surface area contributed by atoms with Crippen LogP contribution in [0.15, 0.2) is 12.4 Å². The third-order valence-corrected chi connectivity index (χ3v) is 2.88. The van der Waals surface area contributed by atoms with Crippen molar-refractivity contribution >= 4 is 5.69 Å². The highest BCUT2D eigenvalue weighted by Crippen LogP contribution is 2.39. The topological polar surface area (TPSA) is 61.0 Å². The molecule has 0 amide bonds. The van der Waals surface area contributed by atoms with Crippen LogP contribution in [0.25, 0.3) is 0 Å². The summed E-state index contributed by atoms with van der Waals surface area (Å²) in [5, 5.41) is 0. The van der Waals surface area contributed by atoms with Crippen LogP contribution in [0.1, 0.15) is 31.5 Å². The van der Waals surface area contributed by atoms with E-state index in [0.717, 1.165) is 18.7 Å². The molecule has 0 atom stereocenters. The summed E-state index contributed by atoms with van der Waals surface area (Å²) in [4.78, 5) is 8.48. The van der Waals surface area contributed by atoms with Crippen LogP contribution in [-0.2, 0) is 10.3 Å². The zero-order valence-corrected chi connectivity index (χ0v) is 8.36. The van der Waals surface area contributed by atoms with Gasteiger partial charge in [0.1, 0.15) is 5.60 Å². The van der Waals surface area contributed by atoms with Crippen molar-refractivity contribution in [3.05, 3.63) is 18.2 Å². The van der Waals surface area contributed by atoms with Gasteiger partial charge >= 0.3 is 0 Å². The van der Waals surface area contributed by atoms with Crippen molar-refractivity contribution in [2.75, 3.05) is 12.8 Å². The Labute approximate surface area is 83.5 Å². The van der Waals surface area contributed by atoms with E-state index in [2.05, 4.69) is 9.97 Å². The molecule has 76 valence electrons. The van der Waals surface area contributed by atoms with Gasteiger partial charge in [0.2, 0.25) is 0 Å². The molecule has 0 spiro atoms. The molecule has 1 fully saturated rings. The number of rotatable bonds is 2. The van der Waals surface area contributed by atoms with Gasteiger partial charge in [-0.3, -0.25) is 0 Å². The van der Waals surface area contributed by atoms with Gasteiger partial charge in [0.25, 0.3) is 0 Å². The Morgan fingerprint density at radius 1 is 1.29 bits per heavy atom. The van der Waals surface area contributed by atoms with Gasteiger partial charge in [0, 0.05) is 7.11 Å². The lowest BCUT2D eigenvalue weighted by Gasteiger charge is -2.25. The molecule has 4 nitrogen and oxygen atoms in total. The fraction of sp³-hybridized carbons (Fsp3) is 0.600. The zero-order chi connectivity index (χ0) is 10.0. The van der Waals surface area contributed by atoms with E-state index in [0.29, 0.717) is 5.69 Å². The van der Waals surface area contributed by atoms with Gasteiger partial charge in [-0.15, -0.1) is 0 Å². The summed E-state index contributed by atoms with van der Waals surface area (Å²) < 4.78 is 5.56. The minimum Gasteiger partial charge on any atom is -0.396 e. The lowest BCUT2D eigenvalue weighted by Crippen LogP contribution is -2.27. The molecular weight excluding hydrogens is 178 g/mol. The smallest absolute Gasteiger partial charge is 0.160 e.